The van der Waals surface area contributed by atoms with E-state index < -0.39 is 5.43 Å². The smallest absolute Gasteiger partial charge is 1.00 e. The van der Waals surface area contributed by atoms with Crippen LogP contribution in [0.25, 0.3) is 22.3 Å². The van der Waals surface area contributed by atoms with E-state index in [0.29, 0.717) is 16.5 Å². The molecule has 0 aliphatic heterocycles. The Hall–Kier alpha value is -1.17. The first-order valence-electron chi connectivity index (χ1n) is 6.57. The maximum Gasteiger partial charge on any atom is -1.00 e. The Bertz CT molecular complexity index is 789. The molecular formula is C17H16Cl2O3Sn. The second-order valence-electron chi connectivity index (χ2n) is 4.47. The molecule has 0 bridgehead atoms. The molecule has 23 heavy (non-hydrogen) atoms. The van der Waals surface area contributed by atoms with E-state index in [-0.39, 0.29) is 57.5 Å². The third kappa shape index (κ3) is 5.16. The topological polar surface area (TPSA) is 50.4 Å². The molecule has 3 nitrogen and oxygen atoms in total. The van der Waals surface area contributed by atoms with Crippen LogP contribution in [0.15, 0.2) is 63.8 Å². The first kappa shape index (κ1) is 21.8. The molecule has 0 amide bonds. The molecule has 0 saturated carbocycles. The molecule has 0 fully saturated rings. The molecule has 1 aromatic heterocycles. The van der Waals surface area contributed by atoms with Crippen LogP contribution in [0.1, 0.15) is 0 Å². The summed E-state index contributed by atoms with van der Waals surface area (Å²) in [7, 11) is 0. The van der Waals surface area contributed by atoms with E-state index in [0.717, 1.165) is 0 Å². The minimum atomic E-state index is -0.407. The van der Waals surface area contributed by atoms with Crippen LogP contribution in [0.5, 0.6) is 5.75 Å². The van der Waals surface area contributed by atoms with Gasteiger partial charge in [0.25, 0.3) is 0 Å². The molecule has 3 rings (SSSR count). The van der Waals surface area contributed by atoms with Gasteiger partial charge in [0.05, 0.1) is 5.39 Å². The van der Waals surface area contributed by atoms with Crippen molar-refractivity contribution in [3.05, 3.63) is 64.8 Å². The van der Waals surface area contributed by atoms with Gasteiger partial charge in [0.1, 0.15) is 5.58 Å². The Kier molecular flexibility index (Phi) is 10.0. The van der Waals surface area contributed by atoms with Crippen molar-refractivity contribution in [1.82, 2.24) is 0 Å². The number of benzene rings is 2. The molecule has 0 aliphatic rings. The molecule has 6 heteroatoms. The molecule has 0 spiro atoms. The van der Waals surface area contributed by atoms with Crippen molar-refractivity contribution in [2.24, 2.45) is 0 Å². The number of rotatable bonds is 1. The number of hydrogen-bond donors (Lipinski definition) is 1. The van der Waals surface area contributed by atoms with Gasteiger partial charge in [-0.05, 0) is 12.1 Å². The molecular weight excluding hydrogens is 442 g/mol. The number of fused-ring (bicyclic) bond motifs is 1. The van der Waals surface area contributed by atoms with Gasteiger partial charge in [-0.1, -0.05) is 42.5 Å². The van der Waals surface area contributed by atoms with Crippen LogP contribution in [0, 0.1) is 0 Å². The molecule has 3 aromatic rings. The Morgan fingerprint density at radius 3 is 2.04 bits per heavy atom. The molecule has 2 aromatic carbocycles. The fourth-order valence-electron chi connectivity index (χ4n) is 1.92. The van der Waals surface area contributed by atoms with Crippen molar-refractivity contribution in [2.75, 3.05) is 0 Å². The zero-order chi connectivity index (χ0) is 15.2. The summed E-state index contributed by atoms with van der Waals surface area (Å²) in [5.74, 6) is -0.140. The van der Waals surface area contributed by atoms with Crippen molar-refractivity contribution in [2.45, 2.75) is 9.88 Å². The Morgan fingerprint density at radius 2 is 1.43 bits per heavy atom. The predicted molar refractivity (Wildman–Crippen MR) is 87.1 cm³/mol. The summed E-state index contributed by atoms with van der Waals surface area (Å²) in [4.78, 5) is 16.6. The summed E-state index contributed by atoms with van der Waals surface area (Å²) >= 11 is 0.230. The van der Waals surface area contributed by atoms with Crippen molar-refractivity contribution in [3.63, 3.8) is 0 Å². The van der Waals surface area contributed by atoms with Gasteiger partial charge < -0.3 is 34.3 Å². The summed E-state index contributed by atoms with van der Waals surface area (Å²) in [6, 6.07) is 15.9. The van der Waals surface area contributed by atoms with Gasteiger partial charge in [-0.15, -0.1) is 0 Å². The second kappa shape index (κ2) is 10.6. The van der Waals surface area contributed by atoms with E-state index in [1.807, 2.05) is 18.2 Å². The number of para-hydroxylation sites is 1. The third-order valence-corrected chi connectivity index (χ3v) is 2.81. The van der Waals surface area contributed by atoms with Crippen LogP contribution < -0.4 is 30.2 Å². The average Bonchev–Trinajstić information content (AvgIpc) is 2.52. The molecule has 120 valence electrons. The van der Waals surface area contributed by atoms with E-state index in [2.05, 4.69) is 9.88 Å². The number of halogens is 2. The van der Waals surface area contributed by atoms with Crippen molar-refractivity contribution >= 4 is 32.1 Å². The van der Waals surface area contributed by atoms with E-state index in [9.17, 15) is 9.90 Å². The fourth-order valence-corrected chi connectivity index (χ4v) is 1.92. The zero-order valence-corrected chi connectivity index (χ0v) is 17.1. The normalized spacial score (nSPS) is 8.78. The van der Waals surface area contributed by atoms with Gasteiger partial charge >= 0.3 is 31.0 Å². The summed E-state index contributed by atoms with van der Waals surface area (Å²) < 4.78 is 5.61. The third-order valence-electron chi connectivity index (χ3n) is 2.81. The average molecular weight is 458 g/mol. The van der Waals surface area contributed by atoms with E-state index in [1.54, 1.807) is 36.4 Å². The van der Waals surface area contributed by atoms with Crippen LogP contribution in [0.3, 0.4) is 0 Å². The first-order chi connectivity index (χ1) is 10.2. The van der Waals surface area contributed by atoms with Crippen LogP contribution in [0.4, 0.5) is 0 Å². The first-order valence-corrected chi connectivity index (χ1v) is 12.3. The Balaban J connectivity index is 0.000000902. The summed E-state index contributed by atoms with van der Waals surface area (Å²) in [5.41, 5.74) is 0.743. The largest absolute Gasteiger partial charge is 1.00 e. The molecule has 0 unspecified atom stereocenters. The van der Waals surface area contributed by atoms with Crippen LogP contribution >= 0.6 is 0 Å². The van der Waals surface area contributed by atoms with Gasteiger partial charge in [0.2, 0.25) is 11.2 Å². The summed E-state index contributed by atoms with van der Waals surface area (Å²) in [5, 5.41) is 10.3. The van der Waals surface area contributed by atoms with E-state index >= 15 is 0 Å². The van der Waals surface area contributed by atoms with Crippen molar-refractivity contribution < 1.29 is 34.3 Å². The van der Waals surface area contributed by atoms with Gasteiger partial charge in [-0.2, -0.15) is 0 Å². The van der Waals surface area contributed by atoms with Gasteiger partial charge in [-0.3, -0.25) is 4.79 Å². The molecule has 0 radical (unpaired) electrons. The quantitative estimate of drug-likeness (QED) is 0.428. The van der Waals surface area contributed by atoms with E-state index in [1.165, 1.54) is 0 Å². The second-order valence-corrected chi connectivity index (χ2v) is 7.33. The molecule has 1 N–H and O–H groups in total. The predicted octanol–water partition coefficient (Wildman–Crippen LogP) is -2.04. The SMILES string of the molecule is O=c1c(O)c(-c2ccccc2)oc2ccccc12.[CH3][Sn+2][CH3].[Cl-].[Cl-]. The van der Waals surface area contributed by atoms with Crippen LogP contribution in [-0.4, -0.2) is 26.2 Å². The van der Waals surface area contributed by atoms with Gasteiger partial charge in [-0.25, -0.2) is 0 Å². The van der Waals surface area contributed by atoms with Crippen molar-refractivity contribution in [3.8, 4) is 17.1 Å². The van der Waals surface area contributed by atoms with Crippen LogP contribution in [-0.2, 0) is 0 Å². The van der Waals surface area contributed by atoms with Crippen LogP contribution in [0.2, 0.25) is 9.88 Å². The standard InChI is InChI=1S/C15H10O3.2CH3.2ClH.Sn/c16-13-11-8-4-5-9-12(11)18-15(14(13)17)10-6-2-1-3-7-10;;;;;/h1-9,17H;2*1H3;2*1H;/q;;;;;+2/p-2. The molecule has 0 aliphatic carbocycles. The molecule has 0 atom stereocenters. The minimum Gasteiger partial charge on any atom is -1.00 e. The fraction of sp³-hybridized carbons (Fsp3) is 0.118. The molecule has 1 heterocycles. The maximum absolute atomic E-state index is 12.0. The van der Waals surface area contributed by atoms with Crippen molar-refractivity contribution in [1.29, 1.82) is 0 Å². The Labute approximate surface area is 157 Å². The summed E-state index contributed by atoms with van der Waals surface area (Å²) in [6.45, 7) is 0. The summed E-state index contributed by atoms with van der Waals surface area (Å²) in [6.07, 6.45) is 0. The maximum atomic E-state index is 12.0. The number of hydrogen-bond acceptors (Lipinski definition) is 3. The zero-order valence-electron chi connectivity index (χ0n) is 12.7. The Morgan fingerprint density at radius 1 is 0.913 bits per heavy atom. The molecule has 0 saturated heterocycles. The minimum absolute atomic E-state index is 0. The van der Waals surface area contributed by atoms with Gasteiger partial charge in [0, 0.05) is 5.56 Å². The van der Waals surface area contributed by atoms with E-state index in [4.69, 9.17) is 4.42 Å². The number of aromatic hydroxyl groups is 1. The van der Waals surface area contributed by atoms with Gasteiger partial charge in [0.15, 0.2) is 5.76 Å². The monoisotopic (exact) mass is 458 g/mol.